The fourth-order valence-corrected chi connectivity index (χ4v) is 2.94. The van der Waals surface area contributed by atoms with Crippen LogP contribution in [-0.2, 0) is 0 Å². The largest absolute Gasteiger partial charge is 0.350 e. The summed E-state index contributed by atoms with van der Waals surface area (Å²) in [6.45, 7) is 4.60. The fourth-order valence-electron chi connectivity index (χ4n) is 2.31. The Balaban J connectivity index is 1.71. The molecule has 0 saturated carbocycles. The maximum Gasteiger partial charge on any atom is 0.315 e. The van der Waals surface area contributed by atoms with Gasteiger partial charge in [0.05, 0.1) is 6.04 Å². The molecule has 0 heterocycles. The Kier molecular flexibility index (Phi) is 7.01. The van der Waals surface area contributed by atoms with Crippen molar-refractivity contribution in [2.75, 3.05) is 13.1 Å². The maximum atomic E-state index is 12.0. The average Bonchev–Trinajstić information content (AvgIpc) is 2.59. The fraction of sp³-hybridized carbons (Fsp3) is 0.263. The second-order valence-electron chi connectivity index (χ2n) is 5.77. The first-order valence-electron chi connectivity index (χ1n) is 8.11. The van der Waals surface area contributed by atoms with Crippen molar-refractivity contribution in [3.63, 3.8) is 0 Å². The van der Waals surface area contributed by atoms with Crippen LogP contribution < -0.4 is 16.0 Å². The van der Waals surface area contributed by atoms with Crippen LogP contribution >= 0.6 is 15.9 Å². The number of rotatable bonds is 6. The van der Waals surface area contributed by atoms with Gasteiger partial charge in [-0.1, -0.05) is 51.8 Å². The lowest BCUT2D eigenvalue weighted by Gasteiger charge is -2.16. The van der Waals surface area contributed by atoms with E-state index in [9.17, 15) is 9.59 Å². The number of hydrogen-bond donors (Lipinski definition) is 3. The number of carbonyl (C=O) groups excluding carboxylic acids is 2. The molecule has 0 radical (unpaired) electrons. The van der Waals surface area contributed by atoms with Gasteiger partial charge in [0.25, 0.3) is 5.91 Å². The summed E-state index contributed by atoms with van der Waals surface area (Å²) < 4.78 is 0.952. The third-order valence-corrected chi connectivity index (χ3v) is 4.45. The van der Waals surface area contributed by atoms with Gasteiger partial charge in [0.2, 0.25) is 0 Å². The van der Waals surface area contributed by atoms with E-state index in [1.165, 1.54) is 0 Å². The molecule has 3 N–H and O–H groups in total. The second-order valence-corrected chi connectivity index (χ2v) is 6.62. The third-order valence-electron chi connectivity index (χ3n) is 3.73. The molecule has 0 saturated heterocycles. The summed E-state index contributed by atoms with van der Waals surface area (Å²) in [5.74, 6) is -0.149. The number of hydrogen-bond acceptors (Lipinski definition) is 2. The van der Waals surface area contributed by atoms with Crippen LogP contribution in [0.4, 0.5) is 4.79 Å². The molecule has 6 heteroatoms. The lowest BCUT2D eigenvalue weighted by atomic mass is 10.1. The summed E-state index contributed by atoms with van der Waals surface area (Å²) in [5.41, 5.74) is 2.72. The van der Waals surface area contributed by atoms with Crippen molar-refractivity contribution in [1.82, 2.24) is 16.0 Å². The van der Waals surface area contributed by atoms with Crippen LogP contribution in [0.2, 0.25) is 0 Å². The zero-order valence-corrected chi connectivity index (χ0v) is 15.9. The van der Waals surface area contributed by atoms with Gasteiger partial charge in [0.15, 0.2) is 0 Å². The predicted molar refractivity (Wildman–Crippen MR) is 103 cm³/mol. The molecule has 0 aliphatic heterocycles. The Hall–Kier alpha value is -2.34. The number of amides is 3. The van der Waals surface area contributed by atoms with Gasteiger partial charge in [-0.3, -0.25) is 4.79 Å². The molecule has 0 bridgehead atoms. The van der Waals surface area contributed by atoms with E-state index in [1.54, 1.807) is 12.1 Å². The number of aryl methyl sites for hydroxylation is 1. The van der Waals surface area contributed by atoms with Crippen LogP contribution in [-0.4, -0.2) is 25.0 Å². The molecule has 1 unspecified atom stereocenters. The van der Waals surface area contributed by atoms with Crippen molar-refractivity contribution in [2.24, 2.45) is 0 Å². The van der Waals surface area contributed by atoms with Crippen LogP contribution in [0.1, 0.15) is 34.5 Å². The summed E-state index contributed by atoms with van der Waals surface area (Å²) in [4.78, 5) is 23.9. The molecule has 3 amide bonds. The molecule has 5 nitrogen and oxygen atoms in total. The SMILES string of the molecule is Cc1ccc(C(=O)NCCNC(=O)NC(C)c2ccccc2Br)cc1. The van der Waals surface area contributed by atoms with E-state index >= 15 is 0 Å². The van der Waals surface area contributed by atoms with Crippen molar-refractivity contribution in [3.8, 4) is 0 Å². The Labute approximate surface area is 156 Å². The van der Waals surface area contributed by atoms with Gasteiger partial charge in [-0.05, 0) is 37.6 Å². The average molecular weight is 404 g/mol. The third kappa shape index (κ3) is 5.90. The Bertz CT molecular complexity index is 732. The van der Waals surface area contributed by atoms with Gasteiger partial charge in [-0.2, -0.15) is 0 Å². The van der Waals surface area contributed by atoms with Crippen molar-refractivity contribution in [3.05, 3.63) is 69.7 Å². The minimum atomic E-state index is -0.271. The molecule has 0 aromatic heterocycles. The smallest absolute Gasteiger partial charge is 0.315 e. The first kappa shape index (κ1) is 19.0. The summed E-state index contributed by atoms with van der Waals surface area (Å²) >= 11 is 3.47. The number of benzene rings is 2. The minimum absolute atomic E-state index is 0.127. The molecule has 0 spiro atoms. The molecular weight excluding hydrogens is 382 g/mol. The van der Waals surface area contributed by atoms with Gasteiger partial charge in [-0.25, -0.2) is 4.79 Å². The van der Waals surface area contributed by atoms with E-state index in [0.29, 0.717) is 18.7 Å². The van der Waals surface area contributed by atoms with E-state index in [4.69, 9.17) is 0 Å². The minimum Gasteiger partial charge on any atom is -0.350 e. The lowest BCUT2D eigenvalue weighted by Crippen LogP contribution is -2.41. The van der Waals surface area contributed by atoms with E-state index in [2.05, 4.69) is 31.9 Å². The topological polar surface area (TPSA) is 70.2 Å². The second kappa shape index (κ2) is 9.22. The Morgan fingerprint density at radius 2 is 1.64 bits per heavy atom. The molecule has 0 aliphatic carbocycles. The van der Waals surface area contributed by atoms with Crippen LogP contribution in [0.3, 0.4) is 0 Å². The molecule has 2 rings (SSSR count). The van der Waals surface area contributed by atoms with Crippen LogP contribution in [0.15, 0.2) is 53.0 Å². The zero-order chi connectivity index (χ0) is 18.2. The van der Waals surface area contributed by atoms with E-state index in [0.717, 1.165) is 15.6 Å². The van der Waals surface area contributed by atoms with Gasteiger partial charge in [-0.15, -0.1) is 0 Å². The summed E-state index contributed by atoms with van der Waals surface area (Å²) in [5, 5.41) is 8.39. The van der Waals surface area contributed by atoms with Crippen LogP contribution in [0.25, 0.3) is 0 Å². The standard InChI is InChI=1S/C19H22BrN3O2/c1-13-7-9-15(10-8-13)18(24)21-11-12-22-19(25)23-14(2)16-5-3-4-6-17(16)20/h3-10,14H,11-12H2,1-2H3,(H,21,24)(H2,22,23,25). The highest BCUT2D eigenvalue weighted by Crippen LogP contribution is 2.22. The molecule has 0 aliphatic rings. The van der Waals surface area contributed by atoms with Crippen LogP contribution in [0, 0.1) is 6.92 Å². The van der Waals surface area contributed by atoms with Gasteiger partial charge in [0, 0.05) is 23.1 Å². The van der Waals surface area contributed by atoms with E-state index in [-0.39, 0.29) is 18.0 Å². The number of halogens is 1. The molecule has 132 valence electrons. The highest BCUT2D eigenvalue weighted by molar-refractivity contribution is 9.10. The van der Waals surface area contributed by atoms with Gasteiger partial charge in [0.1, 0.15) is 0 Å². The van der Waals surface area contributed by atoms with Gasteiger partial charge < -0.3 is 16.0 Å². The first-order valence-corrected chi connectivity index (χ1v) is 8.90. The monoisotopic (exact) mass is 403 g/mol. The Morgan fingerprint density at radius 3 is 2.32 bits per heavy atom. The molecular formula is C19H22BrN3O2. The molecule has 2 aromatic rings. The quantitative estimate of drug-likeness (QED) is 0.645. The highest BCUT2D eigenvalue weighted by atomic mass is 79.9. The zero-order valence-electron chi connectivity index (χ0n) is 14.3. The lowest BCUT2D eigenvalue weighted by molar-refractivity contribution is 0.0954. The van der Waals surface area contributed by atoms with E-state index in [1.807, 2.05) is 50.2 Å². The van der Waals surface area contributed by atoms with E-state index < -0.39 is 0 Å². The number of nitrogens with one attached hydrogen (secondary N) is 3. The van der Waals surface area contributed by atoms with Crippen molar-refractivity contribution in [2.45, 2.75) is 19.9 Å². The van der Waals surface area contributed by atoms with Gasteiger partial charge >= 0.3 is 6.03 Å². The Morgan fingerprint density at radius 1 is 1.00 bits per heavy atom. The van der Waals surface area contributed by atoms with Crippen molar-refractivity contribution >= 4 is 27.9 Å². The summed E-state index contributed by atoms with van der Waals surface area (Å²) in [6.07, 6.45) is 0. The maximum absolute atomic E-state index is 12.0. The summed E-state index contributed by atoms with van der Waals surface area (Å²) in [6, 6.07) is 14.7. The van der Waals surface area contributed by atoms with Crippen molar-refractivity contribution in [1.29, 1.82) is 0 Å². The molecule has 1 atom stereocenters. The predicted octanol–water partition coefficient (Wildman–Crippen LogP) is 3.55. The normalized spacial score (nSPS) is 11.5. The highest BCUT2D eigenvalue weighted by Gasteiger charge is 2.11. The van der Waals surface area contributed by atoms with Crippen LogP contribution in [0.5, 0.6) is 0 Å². The number of urea groups is 1. The molecule has 2 aromatic carbocycles. The summed E-state index contributed by atoms with van der Waals surface area (Å²) in [7, 11) is 0. The number of carbonyl (C=O) groups is 2. The molecule has 25 heavy (non-hydrogen) atoms. The molecule has 0 fully saturated rings. The first-order chi connectivity index (χ1) is 12.0. The van der Waals surface area contributed by atoms with Crippen molar-refractivity contribution < 1.29 is 9.59 Å².